The number of carboxylic acid groups (broad SMARTS) is 1. The van der Waals surface area contributed by atoms with E-state index in [1.54, 1.807) is 11.3 Å². The standard InChI is InChI=1S/C23H25NO3S/c1-2-27-20-9-5-3-8-18(20)22(24-13-11-16(12-14-24)23(25)26)19-15-28-21-10-6-4-7-17(19)21/h3-10,15-16,22H,2,11-14H2,1H3,(H,25,26). The number of ether oxygens (including phenoxy) is 1. The van der Waals surface area contributed by atoms with Crippen molar-refractivity contribution < 1.29 is 14.6 Å². The molecule has 1 N–H and O–H groups in total. The van der Waals surface area contributed by atoms with Gasteiger partial charge in [-0.25, -0.2) is 0 Å². The predicted molar refractivity (Wildman–Crippen MR) is 113 cm³/mol. The van der Waals surface area contributed by atoms with Gasteiger partial charge in [0.2, 0.25) is 0 Å². The van der Waals surface area contributed by atoms with Crippen LogP contribution < -0.4 is 4.74 Å². The van der Waals surface area contributed by atoms with E-state index in [1.165, 1.54) is 15.6 Å². The molecular weight excluding hydrogens is 370 g/mol. The smallest absolute Gasteiger partial charge is 0.306 e. The molecule has 0 radical (unpaired) electrons. The fourth-order valence-corrected chi connectivity index (χ4v) is 5.15. The van der Waals surface area contributed by atoms with Crippen molar-refractivity contribution in [1.82, 2.24) is 4.90 Å². The van der Waals surface area contributed by atoms with Crippen molar-refractivity contribution in [3.05, 3.63) is 65.0 Å². The zero-order chi connectivity index (χ0) is 19.5. The highest BCUT2D eigenvalue weighted by Crippen LogP contribution is 2.41. The SMILES string of the molecule is CCOc1ccccc1C(c1csc2ccccc12)N1CCC(C(=O)O)CC1. The molecule has 2 aromatic carbocycles. The molecule has 1 unspecified atom stereocenters. The number of carbonyl (C=O) groups is 1. The molecule has 28 heavy (non-hydrogen) atoms. The minimum Gasteiger partial charge on any atom is -0.494 e. The molecule has 1 atom stereocenters. The maximum absolute atomic E-state index is 11.4. The normalized spacial score (nSPS) is 16.9. The number of benzene rings is 2. The number of rotatable bonds is 6. The van der Waals surface area contributed by atoms with E-state index in [1.807, 2.05) is 19.1 Å². The Bertz CT molecular complexity index is 959. The van der Waals surface area contributed by atoms with Crippen LogP contribution in [0.1, 0.15) is 36.9 Å². The van der Waals surface area contributed by atoms with Crippen molar-refractivity contribution in [3.8, 4) is 5.75 Å². The molecule has 1 aliphatic heterocycles. The Morgan fingerprint density at radius 3 is 2.61 bits per heavy atom. The Hall–Kier alpha value is -2.37. The van der Waals surface area contributed by atoms with Crippen LogP contribution in [-0.4, -0.2) is 35.7 Å². The summed E-state index contributed by atoms with van der Waals surface area (Å²) in [4.78, 5) is 13.8. The highest BCUT2D eigenvalue weighted by atomic mass is 32.1. The largest absolute Gasteiger partial charge is 0.494 e. The van der Waals surface area contributed by atoms with Crippen LogP contribution in [-0.2, 0) is 4.79 Å². The van der Waals surface area contributed by atoms with Crippen LogP contribution in [0.2, 0.25) is 0 Å². The number of nitrogens with zero attached hydrogens (tertiary/aromatic N) is 1. The molecule has 3 aromatic rings. The average Bonchev–Trinajstić information content (AvgIpc) is 3.14. The monoisotopic (exact) mass is 395 g/mol. The molecule has 1 saturated heterocycles. The number of para-hydroxylation sites is 1. The lowest BCUT2D eigenvalue weighted by Crippen LogP contribution is -2.39. The van der Waals surface area contributed by atoms with Gasteiger partial charge in [-0.1, -0.05) is 36.4 Å². The second-order valence-corrected chi connectivity index (χ2v) is 8.12. The summed E-state index contributed by atoms with van der Waals surface area (Å²) in [7, 11) is 0. The summed E-state index contributed by atoms with van der Waals surface area (Å²) in [6.07, 6.45) is 1.37. The van der Waals surface area contributed by atoms with Gasteiger partial charge in [0.15, 0.2) is 0 Å². The van der Waals surface area contributed by atoms with E-state index in [0.717, 1.165) is 24.4 Å². The second-order valence-electron chi connectivity index (χ2n) is 7.21. The Morgan fingerprint density at radius 2 is 1.86 bits per heavy atom. The lowest BCUT2D eigenvalue weighted by molar-refractivity contribution is -0.143. The fraction of sp³-hybridized carbons (Fsp3) is 0.348. The number of fused-ring (bicyclic) bond motifs is 1. The molecule has 4 rings (SSSR count). The number of hydrogen-bond donors (Lipinski definition) is 1. The number of likely N-dealkylation sites (tertiary alicyclic amines) is 1. The Morgan fingerprint density at radius 1 is 1.14 bits per heavy atom. The van der Waals surface area contributed by atoms with Gasteiger partial charge < -0.3 is 9.84 Å². The first-order valence-corrected chi connectivity index (χ1v) is 10.7. The van der Waals surface area contributed by atoms with Gasteiger partial charge in [0, 0.05) is 10.3 Å². The number of carboxylic acids is 1. The van der Waals surface area contributed by atoms with E-state index in [4.69, 9.17) is 4.74 Å². The van der Waals surface area contributed by atoms with Gasteiger partial charge in [0.05, 0.1) is 18.6 Å². The van der Waals surface area contributed by atoms with Crippen LogP contribution >= 0.6 is 11.3 Å². The van der Waals surface area contributed by atoms with Crippen molar-refractivity contribution in [2.75, 3.05) is 19.7 Å². The van der Waals surface area contributed by atoms with Crippen molar-refractivity contribution in [2.24, 2.45) is 5.92 Å². The first kappa shape index (κ1) is 19.0. The topological polar surface area (TPSA) is 49.8 Å². The van der Waals surface area contributed by atoms with Gasteiger partial charge in [0.1, 0.15) is 5.75 Å². The van der Waals surface area contributed by atoms with Crippen molar-refractivity contribution in [2.45, 2.75) is 25.8 Å². The van der Waals surface area contributed by atoms with Crippen molar-refractivity contribution >= 4 is 27.4 Å². The number of thiophene rings is 1. The third-order valence-corrected chi connectivity index (χ3v) is 6.54. The molecule has 1 aromatic heterocycles. The molecular formula is C23H25NO3S. The summed E-state index contributed by atoms with van der Waals surface area (Å²) in [5.74, 6) is -0.00390. The molecule has 1 aliphatic rings. The van der Waals surface area contributed by atoms with Gasteiger partial charge >= 0.3 is 5.97 Å². The Balaban J connectivity index is 1.77. The van der Waals surface area contributed by atoms with Gasteiger partial charge in [-0.15, -0.1) is 11.3 Å². The predicted octanol–water partition coefficient (Wildman–Crippen LogP) is 5.19. The summed E-state index contributed by atoms with van der Waals surface area (Å²) >= 11 is 1.76. The van der Waals surface area contributed by atoms with E-state index in [2.05, 4.69) is 46.7 Å². The van der Waals surface area contributed by atoms with Gasteiger partial charge in [-0.05, 0) is 61.3 Å². The van der Waals surface area contributed by atoms with Crippen LogP contribution in [0, 0.1) is 5.92 Å². The van der Waals surface area contributed by atoms with Gasteiger partial charge in [-0.3, -0.25) is 9.69 Å². The Kier molecular flexibility index (Phi) is 5.64. The number of piperidine rings is 1. The average molecular weight is 396 g/mol. The molecule has 146 valence electrons. The zero-order valence-electron chi connectivity index (χ0n) is 16.0. The molecule has 0 aliphatic carbocycles. The molecule has 0 bridgehead atoms. The van der Waals surface area contributed by atoms with Crippen LogP contribution in [0.3, 0.4) is 0 Å². The minimum absolute atomic E-state index is 0.0636. The maximum atomic E-state index is 11.4. The molecule has 0 amide bonds. The molecule has 5 heteroatoms. The molecule has 0 spiro atoms. The van der Waals surface area contributed by atoms with Crippen LogP contribution in [0.4, 0.5) is 0 Å². The molecule has 1 fully saturated rings. The summed E-state index contributed by atoms with van der Waals surface area (Å²) in [6, 6.07) is 16.8. The van der Waals surface area contributed by atoms with E-state index in [0.29, 0.717) is 19.4 Å². The van der Waals surface area contributed by atoms with Crippen molar-refractivity contribution in [3.63, 3.8) is 0 Å². The lowest BCUT2D eigenvalue weighted by atomic mass is 9.91. The highest BCUT2D eigenvalue weighted by molar-refractivity contribution is 7.17. The fourth-order valence-electron chi connectivity index (χ4n) is 4.17. The summed E-state index contributed by atoms with van der Waals surface area (Å²) in [6.45, 7) is 4.16. The second kappa shape index (κ2) is 8.33. The van der Waals surface area contributed by atoms with E-state index < -0.39 is 5.97 Å². The highest BCUT2D eigenvalue weighted by Gasteiger charge is 2.32. The Labute approximate surface area is 169 Å². The first-order valence-electron chi connectivity index (χ1n) is 9.83. The first-order chi connectivity index (χ1) is 13.7. The molecule has 2 heterocycles. The van der Waals surface area contributed by atoms with Crippen LogP contribution in [0.25, 0.3) is 10.1 Å². The quantitative estimate of drug-likeness (QED) is 0.624. The van der Waals surface area contributed by atoms with E-state index >= 15 is 0 Å². The zero-order valence-corrected chi connectivity index (χ0v) is 16.8. The van der Waals surface area contributed by atoms with Crippen LogP contribution in [0.5, 0.6) is 5.75 Å². The van der Waals surface area contributed by atoms with E-state index in [-0.39, 0.29) is 12.0 Å². The van der Waals surface area contributed by atoms with Crippen molar-refractivity contribution in [1.29, 1.82) is 0 Å². The summed E-state index contributed by atoms with van der Waals surface area (Å²) in [5, 5.41) is 12.9. The van der Waals surface area contributed by atoms with Crippen LogP contribution in [0.15, 0.2) is 53.9 Å². The summed E-state index contributed by atoms with van der Waals surface area (Å²) < 4.78 is 7.24. The third-order valence-electron chi connectivity index (χ3n) is 5.56. The number of hydrogen-bond acceptors (Lipinski definition) is 4. The van der Waals surface area contributed by atoms with Gasteiger partial charge in [0.25, 0.3) is 0 Å². The van der Waals surface area contributed by atoms with E-state index in [9.17, 15) is 9.90 Å². The minimum atomic E-state index is -0.674. The number of aliphatic carboxylic acids is 1. The lowest BCUT2D eigenvalue weighted by Gasteiger charge is -2.37. The third kappa shape index (κ3) is 3.64. The molecule has 4 nitrogen and oxygen atoms in total. The summed E-state index contributed by atoms with van der Waals surface area (Å²) in [5.41, 5.74) is 2.43. The van der Waals surface area contributed by atoms with Gasteiger partial charge in [-0.2, -0.15) is 0 Å². The molecule has 0 saturated carbocycles. The maximum Gasteiger partial charge on any atom is 0.306 e.